The summed E-state index contributed by atoms with van der Waals surface area (Å²) >= 11 is 1.59. The predicted octanol–water partition coefficient (Wildman–Crippen LogP) is 2.64. The van der Waals surface area contributed by atoms with Crippen molar-refractivity contribution in [2.24, 2.45) is 5.92 Å². The Balaban J connectivity index is 1.69. The van der Waals surface area contributed by atoms with Crippen molar-refractivity contribution in [1.82, 2.24) is 9.88 Å². The average molecular weight is 352 g/mol. The summed E-state index contributed by atoms with van der Waals surface area (Å²) in [5, 5.41) is 0.904. The molecule has 1 aromatic heterocycles. The lowest BCUT2D eigenvalue weighted by Crippen LogP contribution is -2.31. The first-order chi connectivity index (χ1) is 10.9. The number of hydrogen-bond donors (Lipinski definition) is 0. The van der Waals surface area contributed by atoms with Crippen LogP contribution in [0.1, 0.15) is 30.8 Å². The van der Waals surface area contributed by atoms with Crippen LogP contribution in [-0.2, 0) is 14.6 Å². The summed E-state index contributed by atoms with van der Waals surface area (Å²) in [6.45, 7) is 1.96. The molecule has 7 heteroatoms. The van der Waals surface area contributed by atoms with Gasteiger partial charge in [-0.3, -0.25) is 4.79 Å². The summed E-state index contributed by atoms with van der Waals surface area (Å²) in [6, 6.07) is 7.80. The summed E-state index contributed by atoms with van der Waals surface area (Å²) in [5.41, 5.74) is 0.946. The third-order valence-corrected chi connectivity index (χ3v) is 7.48. The normalized spacial score (nSPS) is 21.4. The van der Waals surface area contributed by atoms with Gasteiger partial charge >= 0.3 is 0 Å². The molecular weight excluding hydrogens is 332 g/mol. The molecule has 1 aromatic carbocycles. The number of fused-ring (bicyclic) bond motifs is 1. The highest BCUT2D eigenvalue weighted by Gasteiger charge is 2.31. The van der Waals surface area contributed by atoms with E-state index in [-0.39, 0.29) is 29.4 Å². The van der Waals surface area contributed by atoms with E-state index in [1.54, 1.807) is 23.3 Å². The monoisotopic (exact) mass is 352 g/mol. The summed E-state index contributed by atoms with van der Waals surface area (Å²) in [7, 11) is -1.17. The van der Waals surface area contributed by atoms with Crippen molar-refractivity contribution in [3.05, 3.63) is 29.3 Å². The van der Waals surface area contributed by atoms with Crippen molar-refractivity contribution in [3.63, 3.8) is 0 Å². The number of nitrogens with zero attached hydrogens (tertiary/aromatic N) is 2. The third kappa shape index (κ3) is 3.55. The second-order valence-corrected chi connectivity index (χ2v) is 9.46. The quantitative estimate of drug-likeness (QED) is 0.848. The Hall–Kier alpha value is -1.47. The van der Waals surface area contributed by atoms with Crippen molar-refractivity contribution >= 4 is 37.3 Å². The fraction of sp³-hybridized carbons (Fsp3) is 0.500. The number of thiazole rings is 1. The number of rotatable bonds is 4. The maximum atomic E-state index is 12.4. The van der Waals surface area contributed by atoms with Crippen molar-refractivity contribution in [2.45, 2.75) is 25.8 Å². The number of benzene rings is 1. The van der Waals surface area contributed by atoms with Gasteiger partial charge in [-0.05, 0) is 31.4 Å². The van der Waals surface area contributed by atoms with E-state index in [1.165, 1.54) is 0 Å². The lowest BCUT2D eigenvalue weighted by Gasteiger charge is -2.24. The van der Waals surface area contributed by atoms with Gasteiger partial charge in [-0.1, -0.05) is 12.1 Å². The van der Waals surface area contributed by atoms with E-state index in [0.717, 1.165) is 15.2 Å². The van der Waals surface area contributed by atoms with Gasteiger partial charge in [0, 0.05) is 13.5 Å². The predicted molar refractivity (Wildman–Crippen MR) is 92.2 cm³/mol. The maximum Gasteiger partial charge on any atom is 0.223 e. The second kappa shape index (κ2) is 6.20. The van der Waals surface area contributed by atoms with Crippen LogP contribution in [0.4, 0.5) is 0 Å². The van der Waals surface area contributed by atoms with Gasteiger partial charge in [0.05, 0.1) is 27.8 Å². The first-order valence-electron chi connectivity index (χ1n) is 7.67. The molecule has 0 bridgehead atoms. The number of sulfone groups is 1. The molecule has 1 aliphatic heterocycles. The highest BCUT2D eigenvalue weighted by atomic mass is 32.2. The highest BCUT2D eigenvalue weighted by molar-refractivity contribution is 7.91. The van der Waals surface area contributed by atoms with E-state index >= 15 is 0 Å². The van der Waals surface area contributed by atoms with E-state index in [2.05, 4.69) is 4.98 Å². The summed E-state index contributed by atoms with van der Waals surface area (Å²) in [4.78, 5) is 18.7. The van der Waals surface area contributed by atoms with E-state index in [1.807, 2.05) is 31.2 Å². The van der Waals surface area contributed by atoms with Crippen molar-refractivity contribution in [1.29, 1.82) is 0 Å². The topological polar surface area (TPSA) is 67.3 Å². The minimum atomic E-state index is -2.94. The molecule has 0 N–H and O–H groups in total. The van der Waals surface area contributed by atoms with Crippen LogP contribution in [0.2, 0.25) is 0 Å². The van der Waals surface area contributed by atoms with Crippen molar-refractivity contribution in [3.8, 4) is 0 Å². The molecule has 0 aliphatic carbocycles. The Morgan fingerprint density at radius 1 is 1.43 bits per heavy atom. The molecule has 0 saturated carbocycles. The third-order valence-electron chi connectivity index (χ3n) is 4.43. The number of para-hydroxylation sites is 1. The van der Waals surface area contributed by atoms with Crippen molar-refractivity contribution in [2.75, 3.05) is 18.6 Å². The summed E-state index contributed by atoms with van der Waals surface area (Å²) in [6.07, 6.45) is 0.891. The molecule has 0 radical (unpaired) electrons. The molecular formula is C16H20N2O3S2. The number of carbonyl (C=O) groups excluding carboxylic acids is 1. The van der Waals surface area contributed by atoms with Gasteiger partial charge in [-0.15, -0.1) is 11.3 Å². The average Bonchev–Trinajstić information content (AvgIpc) is 3.08. The van der Waals surface area contributed by atoms with E-state index in [0.29, 0.717) is 12.8 Å². The molecule has 0 spiro atoms. The van der Waals surface area contributed by atoms with Crippen LogP contribution in [0, 0.1) is 5.92 Å². The molecule has 1 fully saturated rings. The fourth-order valence-electron chi connectivity index (χ4n) is 2.87. The summed E-state index contributed by atoms with van der Waals surface area (Å²) < 4.78 is 24.1. The number of aromatic nitrogens is 1. The molecule has 124 valence electrons. The lowest BCUT2D eigenvalue weighted by molar-refractivity contribution is -0.132. The zero-order valence-electron chi connectivity index (χ0n) is 13.2. The minimum absolute atomic E-state index is 0.0149. The van der Waals surface area contributed by atoms with Gasteiger partial charge in [0.25, 0.3) is 0 Å². The highest BCUT2D eigenvalue weighted by Crippen LogP contribution is 2.30. The number of amides is 1. The Bertz CT molecular complexity index is 796. The molecule has 1 saturated heterocycles. The zero-order chi connectivity index (χ0) is 16.6. The second-order valence-electron chi connectivity index (χ2n) is 6.17. The fourth-order valence-corrected chi connectivity index (χ4v) is 5.80. The first-order valence-corrected chi connectivity index (χ1v) is 10.3. The molecule has 2 heterocycles. The van der Waals surface area contributed by atoms with Gasteiger partial charge in [0.1, 0.15) is 5.01 Å². The number of hydrogen-bond acceptors (Lipinski definition) is 5. The lowest BCUT2D eigenvalue weighted by atomic mass is 10.0. The van der Waals surface area contributed by atoms with Gasteiger partial charge in [0.2, 0.25) is 5.91 Å². The number of carbonyl (C=O) groups is 1. The molecule has 5 nitrogen and oxygen atoms in total. The standard InChI is InChI=1S/C16H20N2O3S2/c1-11(16-17-13-5-3-4-6-14(13)22-16)18(2)15(19)9-12-7-8-23(20,21)10-12/h3-6,11-12H,7-10H2,1-2H3/t11-,12-/m1/s1. The van der Waals surface area contributed by atoms with Gasteiger partial charge in [-0.25, -0.2) is 13.4 Å². The van der Waals surface area contributed by atoms with Crippen LogP contribution < -0.4 is 0 Å². The summed E-state index contributed by atoms with van der Waals surface area (Å²) in [5.74, 6) is 0.292. The Kier molecular flexibility index (Phi) is 4.42. The SMILES string of the molecule is C[C@H](c1nc2ccccc2s1)N(C)C(=O)C[C@H]1CCS(=O)(=O)C1. The molecule has 1 amide bonds. The van der Waals surface area contributed by atoms with E-state index in [4.69, 9.17) is 0 Å². The molecule has 0 unspecified atom stereocenters. The van der Waals surface area contributed by atoms with Crippen LogP contribution in [0.15, 0.2) is 24.3 Å². The Morgan fingerprint density at radius 2 is 2.17 bits per heavy atom. The molecule has 2 aromatic rings. The molecule has 3 rings (SSSR count). The van der Waals surface area contributed by atoms with Crippen LogP contribution in [0.5, 0.6) is 0 Å². The van der Waals surface area contributed by atoms with E-state index < -0.39 is 9.84 Å². The van der Waals surface area contributed by atoms with E-state index in [9.17, 15) is 13.2 Å². The molecule has 1 aliphatic rings. The molecule has 23 heavy (non-hydrogen) atoms. The minimum Gasteiger partial charge on any atom is -0.337 e. The van der Waals surface area contributed by atoms with Crippen molar-refractivity contribution < 1.29 is 13.2 Å². The van der Waals surface area contributed by atoms with Gasteiger partial charge in [-0.2, -0.15) is 0 Å². The van der Waals surface area contributed by atoms with Crippen LogP contribution >= 0.6 is 11.3 Å². The first kappa shape index (κ1) is 16.4. The van der Waals surface area contributed by atoms with Gasteiger partial charge < -0.3 is 4.90 Å². The van der Waals surface area contributed by atoms with Gasteiger partial charge in [0.15, 0.2) is 9.84 Å². The Labute approximate surface area is 140 Å². The smallest absolute Gasteiger partial charge is 0.223 e. The van der Waals surface area contributed by atoms with Crippen LogP contribution in [0.3, 0.4) is 0 Å². The van der Waals surface area contributed by atoms with Crippen LogP contribution in [0.25, 0.3) is 10.2 Å². The largest absolute Gasteiger partial charge is 0.337 e. The molecule has 2 atom stereocenters. The Morgan fingerprint density at radius 3 is 2.83 bits per heavy atom. The zero-order valence-corrected chi connectivity index (χ0v) is 14.9. The van der Waals surface area contributed by atoms with Crippen LogP contribution in [-0.4, -0.2) is 42.8 Å². The maximum absolute atomic E-state index is 12.4.